The zero-order chi connectivity index (χ0) is 26.6. The minimum Gasteiger partial charge on any atom is -0.490 e. The normalized spacial score (nSPS) is 17.5. The minimum absolute atomic E-state index is 0.0266. The summed E-state index contributed by atoms with van der Waals surface area (Å²) >= 11 is 13.0. The van der Waals surface area contributed by atoms with Crippen molar-refractivity contribution in [3.63, 3.8) is 0 Å². The number of pyridine rings is 2. The predicted octanol–water partition coefficient (Wildman–Crippen LogP) is 4.42. The van der Waals surface area contributed by atoms with Crippen molar-refractivity contribution in [1.29, 1.82) is 0 Å². The number of hydrogen-bond acceptors (Lipinski definition) is 8. The van der Waals surface area contributed by atoms with E-state index in [1.165, 1.54) is 10.8 Å². The van der Waals surface area contributed by atoms with Crippen molar-refractivity contribution in [2.24, 2.45) is 0 Å². The number of carbonyl (C=O) groups excluding carboxylic acids is 1. The highest BCUT2D eigenvalue weighted by Gasteiger charge is 2.37. The Kier molecular flexibility index (Phi) is 6.44. The molecular formula is C25H28Cl2N6O4. The van der Waals surface area contributed by atoms with Gasteiger partial charge < -0.3 is 19.3 Å². The maximum absolute atomic E-state index is 13.6. The molecule has 0 aromatic carbocycles. The molecule has 0 saturated carbocycles. The van der Waals surface area contributed by atoms with Crippen LogP contribution in [0.4, 0.5) is 10.6 Å². The van der Waals surface area contributed by atoms with Gasteiger partial charge in [-0.2, -0.15) is 4.98 Å². The Morgan fingerprint density at radius 1 is 1.19 bits per heavy atom. The number of carbonyl (C=O) groups is 1. The van der Waals surface area contributed by atoms with Gasteiger partial charge in [0.15, 0.2) is 5.65 Å². The van der Waals surface area contributed by atoms with Gasteiger partial charge in [0, 0.05) is 38.1 Å². The van der Waals surface area contributed by atoms with Crippen LogP contribution in [0.3, 0.4) is 0 Å². The molecule has 0 aliphatic carbocycles. The molecule has 37 heavy (non-hydrogen) atoms. The van der Waals surface area contributed by atoms with Crippen LogP contribution in [0.5, 0.6) is 5.75 Å². The fourth-order valence-corrected chi connectivity index (χ4v) is 5.15. The first-order valence-corrected chi connectivity index (χ1v) is 12.8. The number of rotatable bonds is 2. The molecule has 0 spiro atoms. The molecule has 12 heteroatoms. The summed E-state index contributed by atoms with van der Waals surface area (Å²) in [5.74, 6) is 0.928. The summed E-state index contributed by atoms with van der Waals surface area (Å²) in [6, 6.07) is 1.36. The number of hydrogen-bond donors (Lipinski definition) is 0. The SMILES string of the molecule is CC(C)c1cncc(Cl)c1-n1c(=O)nc2c3c(cc(Cl)nc31)OC[C@H]1CN(C(=O)OC(C)(C)C)CCN21. The Morgan fingerprint density at radius 2 is 1.95 bits per heavy atom. The molecule has 1 saturated heterocycles. The zero-order valence-corrected chi connectivity index (χ0v) is 22.8. The van der Waals surface area contributed by atoms with Gasteiger partial charge in [-0.05, 0) is 32.3 Å². The molecule has 3 aromatic heterocycles. The van der Waals surface area contributed by atoms with Gasteiger partial charge in [-0.1, -0.05) is 37.0 Å². The maximum atomic E-state index is 13.6. The van der Waals surface area contributed by atoms with Gasteiger partial charge in [0.2, 0.25) is 0 Å². The number of amides is 1. The van der Waals surface area contributed by atoms with E-state index in [0.717, 1.165) is 5.56 Å². The van der Waals surface area contributed by atoms with E-state index in [9.17, 15) is 9.59 Å². The van der Waals surface area contributed by atoms with Crippen LogP contribution >= 0.6 is 23.2 Å². The molecule has 2 aliphatic heterocycles. The Hall–Kier alpha value is -3.11. The van der Waals surface area contributed by atoms with E-state index in [0.29, 0.717) is 52.9 Å². The number of anilines is 1. The highest BCUT2D eigenvalue weighted by Crippen LogP contribution is 2.39. The summed E-state index contributed by atoms with van der Waals surface area (Å²) in [6.45, 7) is 10.9. The number of ether oxygens (including phenoxy) is 2. The lowest BCUT2D eigenvalue weighted by atomic mass is 10.0. The van der Waals surface area contributed by atoms with Crippen molar-refractivity contribution < 1.29 is 14.3 Å². The molecule has 5 rings (SSSR count). The van der Waals surface area contributed by atoms with E-state index in [1.807, 2.05) is 39.5 Å². The molecule has 0 N–H and O–H groups in total. The molecule has 10 nitrogen and oxygen atoms in total. The molecule has 1 amide bonds. The highest BCUT2D eigenvalue weighted by atomic mass is 35.5. The summed E-state index contributed by atoms with van der Waals surface area (Å²) in [6.07, 6.45) is 2.78. The molecule has 0 radical (unpaired) electrons. The average molecular weight is 547 g/mol. The van der Waals surface area contributed by atoms with Crippen molar-refractivity contribution in [2.75, 3.05) is 31.1 Å². The van der Waals surface area contributed by atoms with Gasteiger partial charge in [-0.15, -0.1) is 0 Å². The van der Waals surface area contributed by atoms with Crippen LogP contribution in [-0.4, -0.2) is 68.4 Å². The van der Waals surface area contributed by atoms with Crippen LogP contribution in [0.2, 0.25) is 10.2 Å². The van der Waals surface area contributed by atoms with Gasteiger partial charge in [0.05, 0.1) is 16.8 Å². The van der Waals surface area contributed by atoms with Crippen LogP contribution in [0.1, 0.15) is 46.1 Å². The Balaban J connectivity index is 1.65. The Labute approximate surface area is 224 Å². The lowest BCUT2D eigenvalue weighted by Crippen LogP contribution is -2.57. The summed E-state index contributed by atoms with van der Waals surface area (Å²) in [5, 5.41) is 1.02. The maximum Gasteiger partial charge on any atom is 0.410 e. The lowest BCUT2D eigenvalue weighted by Gasteiger charge is -2.41. The monoisotopic (exact) mass is 546 g/mol. The second-order valence-corrected chi connectivity index (χ2v) is 11.3. The van der Waals surface area contributed by atoms with Crippen molar-refractivity contribution in [3.8, 4) is 11.4 Å². The van der Waals surface area contributed by atoms with Gasteiger partial charge >= 0.3 is 11.8 Å². The van der Waals surface area contributed by atoms with Crippen LogP contribution < -0.4 is 15.3 Å². The number of halogens is 2. The summed E-state index contributed by atoms with van der Waals surface area (Å²) in [7, 11) is 0. The molecule has 5 heterocycles. The van der Waals surface area contributed by atoms with E-state index in [-0.39, 0.29) is 29.8 Å². The Bertz CT molecular complexity index is 1450. The first kappa shape index (κ1) is 25.5. The van der Waals surface area contributed by atoms with E-state index >= 15 is 0 Å². The summed E-state index contributed by atoms with van der Waals surface area (Å²) < 4.78 is 13.1. The molecule has 1 fully saturated rings. The van der Waals surface area contributed by atoms with Crippen molar-refractivity contribution in [3.05, 3.63) is 44.7 Å². The van der Waals surface area contributed by atoms with E-state index in [1.54, 1.807) is 17.2 Å². The molecule has 1 atom stereocenters. The van der Waals surface area contributed by atoms with E-state index in [4.69, 9.17) is 32.7 Å². The predicted molar refractivity (Wildman–Crippen MR) is 141 cm³/mol. The topological polar surface area (TPSA) is 103 Å². The third-order valence-corrected chi connectivity index (χ3v) is 6.82. The van der Waals surface area contributed by atoms with E-state index < -0.39 is 11.3 Å². The smallest absolute Gasteiger partial charge is 0.410 e. The molecule has 0 bridgehead atoms. The highest BCUT2D eigenvalue weighted by molar-refractivity contribution is 6.32. The summed E-state index contributed by atoms with van der Waals surface area (Å²) in [4.78, 5) is 43.3. The zero-order valence-electron chi connectivity index (χ0n) is 21.3. The molecular weight excluding hydrogens is 519 g/mol. The third-order valence-electron chi connectivity index (χ3n) is 6.35. The molecule has 196 valence electrons. The van der Waals surface area contributed by atoms with Crippen molar-refractivity contribution in [1.82, 2.24) is 24.4 Å². The quantitative estimate of drug-likeness (QED) is 0.435. The first-order chi connectivity index (χ1) is 17.4. The van der Waals surface area contributed by atoms with Crippen LogP contribution in [0.25, 0.3) is 16.7 Å². The van der Waals surface area contributed by atoms with Gasteiger partial charge in [-0.25, -0.2) is 19.1 Å². The second kappa shape index (κ2) is 9.33. The van der Waals surface area contributed by atoms with Crippen molar-refractivity contribution >= 4 is 46.1 Å². The van der Waals surface area contributed by atoms with Gasteiger partial charge in [0.1, 0.15) is 34.3 Å². The second-order valence-electron chi connectivity index (χ2n) is 10.5. The van der Waals surface area contributed by atoms with Crippen molar-refractivity contribution in [2.45, 2.75) is 52.2 Å². The minimum atomic E-state index is -0.603. The fraction of sp³-hybridized carbons (Fsp3) is 0.480. The fourth-order valence-electron chi connectivity index (χ4n) is 4.72. The number of aromatic nitrogens is 4. The largest absolute Gasteiger partial charge is 0.490 e. The van der Waals surface area contributed by atoms with Gasteiger partial charge in [0.25, 0.3) is 0 Å². The van der Waals surface area contributed by atoms with Crippen LogP contribution in [0.15, 0.2) is 23.3 Å². The van der Waals surface area contributed by atoms with Crippen LogP contribution in [-0.2, 0) is 4.74 Å². The average Bonchev–Trinajstić information content (AvgIpc) is 2.95. The molecule has 3 aromatic rings. The Morgan fingerprint density at radius 3 is 2.65 bits per heavy atom. The standard InChI is InChI=1S/C25H28Cl2N6O4/c1-13(2)15-9-28-10-16(26)20(15)33-22-19-17(8-18(27)29-22)36-12-14-11-31(24(35)37-25(3,4)5)6-7-32(14)21(19)30-23(33)34/h8-10,13-14H,6-7,11-12H2,1-5H3/t14-/m1/s1. The van der Waals surface area contributed by atoms with Crippen LogP contribution in [0, 0.1) is 0 Å². The number of fused-ring (bicyclic) bond motifs is 2. The van der Waals surface area contributed by atoms with E-state index in [2.05, 4.69) is 15.0 Å². The number of piperazine rings is 1. The first-order valence-electron chi connectivity index (χ1n) is 12.1. The summed E-state index contributed by atoms with van der Waals surface area (Å²) in [5.41, 5.74) is 0.380. The van der Waals surface area contributed by atoms with Gasteiger partial charge in [-0.3, -0.25) is 4.98 Å². The number of nitrogens with zero attached hydrogens (tertiary/aromatic N) is 6. The third kappa shape index (κ3) is 4.68. The lowest BCUT2D eigenvalue weighted by molar-refractivity contribution is 0.0202. The molecule has 2 aliphatic rings. The molecule has 0 unspecified atom stereocenters.